The molecule has 326 valence electrons. The van der Waals surface area contributed by atoms with Crippen LogP contribution in [0.4, 0.5) is 0 Å². The highest BCUT2D eigenvalue weighted by molar-refractivity contribution is 7.47. The number of phosphoric acid groups is 1. The van der Waals surface area contributed by atoms with E-state index in [1.54, 1.807) is 6.08 Å². The third-order valence-electron chi connectivity index (χ3n) is 10.6. The second-order valence-corrected chi connectivity index (χ2v) is 17.1. The van der Waals surface area contributed by atoms with Crippen LogP contribution >= 0.6 is 7.82 Å². The molecule has 1 fully saturated rings. The number of aliphatic hydroxyl groups excluding tert-OH is 7. The van der Waals surface area contributed by atoms with Gasteiger partial charge in [-0.3, -0.25) is 13.8 Å². The van der Waals surface area contributed by atoms with Gasteiger partial charge in [-0.1, -0.05) is 167 Å². The number of nitrogens with one attached hydrogen (secondary N) is 1. The fourth-order valence-corrected chi connectivity index (χ4v) is 7.97. The van der Waals surface area contributed by atoms with Crippen LogP contribution in [-0.2, 0) is 18.4 Å². The summed E-state index contributed by atoms with van der Waals surface area (Å²) in [5.74, 6) is -0.593. The third-order valence-corrected chi connectivity index (χ3v) is 11.6. The van der Waals surface area contributed by atoms with Crippen molar-refractivity contribution in [2.24, 2.45) is 0 Å². The predicted octanol–water partition coefficient (Wildman–Crippen LogP) is 6.25. The van der Waals surface area contributed by atoms with E-state index in [4.69, 9.17) is 9.05 Å². The van der Waals surface area contributed by atoms with Gasteiger partial charge in [0.15, 0.2) is 0 Å². The summed E-state index contributed by atoms with van der Waals surface area (Å²) in [5, 5.41) is 74.2. The highest BCUT2D eigenvalue weighted by Crippen LogP contribution is 2.47. The Balaban J connectivity index is 2.61. The number of carbonyl (C=O) groups excluding carboxylic acids is 1. The topological polar surface area (TPSA) is 226 Å². The summed E-state index contributed by atoms with van der Waals surface area (Å²) in [6.45, 7) is 3.71. The summed E-state index contributed by atoms with van der Waals surface area (Å²) in [6.07, 6.45) is 17.4. The number of aliphatic hydroxyl groups is 7. The van der Waals surface area contributed by atoms with Crippen molar-refractivity contribution in [1.82, 2.24) is 5.32 Å². The van der Waals surface area contributed by atoms with Crippen LogP contribution in [0, 0.1) is 0 Å². The van der Waals surface area contributed by atoms with E-state index in [9.17, 15) is 50.0 Å². The second-order valence-electron chi connectivity index (χ2n) is 15.7. The molecule has 14 heteroatoms. The number of rotatable bonds is 35. The van der Waals surface area contributed by atoms with Crippen molar-refractivity contribution < 1.29 is 59.0 Å². The van der Waals surface area contributed by atoms with Crippen molar-refractivity contribution in [3.05, 3.63) is 12.2 Å². The Hall–Kier alpha value is -0.960. The lowest BCUT2D eigenvalue weighted by molar-refractivity contribution is -0.220. The minimum Gasteiger partial charge on any atom is -0.393 e. The van der Waals surface area contributed by atoms with Crippen LogP contribution in [-0.4, -0.2) is 108 Å². The molecule has 1 rings (SSSR count). The van der Waals surface area contributed by atoms with Crippen molar-refractivity contribution in [2.75, 3.05) is 6.61 Å². The molecule has 0 aliphatic heterocycles. The number of unbranched alkanes of at least 4 members (excludes halogenated alkanes) is 22. The van der Waals surface area contributed by atoms with Gasteiger partial charge in [0.1, 0.15) is 36.6 Å². The molecular weight excluding hydrogens is 729 g/mol. The summed E-state index contributed by atoms with van der Waals surface area (Å²) in [6, 6.07) is -1.23. The van der Waals surface area contributed by atoms with Crippen molar-refractivity contribution >= 4 is 13.7 Å². The van der Waals surface area contributed by atoms with Gasteiger partial charge in [-0.2, -0.15) is 0 Å². The summed E-state index contributed by atoms with van der Waals surface area (Å²) in [4.78, 5) is 23.3. The molecular formula is C41H80NO12P. The number of allylic oxidation sites excluding steroid dienone is 1. The van der Waals surface area contributed by atoms with Gasteiger partial charge in [0.2, 0.25) is 5.91 Å². The van der Waals surface area contributed by atoms with Gasteiger partial charge in [0.05, 0.1) is 31.3 Å². The van der Waals surface area contributed by atoms with Crippen molar-refractivity contribution in [3.63, 3.8) is 0 Å². The number of amides is 1. The molecule has 0 heterocycles. The van der Waals surface area contributed by atoms with Gasteiger partial charge in [-0.25, -0.2) is 4.57 Å². The predicted molar refractivity (Wildman–Crippen MR) is 215 cm³/mol. The van der Waals surface area contributed by atoms with Crippen LogP contribution in [0.1, 0.15) is 181 Å². The van der Waals surface area contributed by atoms with E-state index in [1.165, 1.54) is 109 Å². The quantitative estimate of drug-likeness (QED) is 0.0197. The Bertz CT molecular complexity index is 1010. The van der Waals surface area contributed by atoms with Gasteiger partial charge < -0.3 is 46.0 Å². The van der Waals surface area contributed by atoms with Crippen molar-refractivity contribution in [1.29, 1.82) is 0 Å². The molecule has 1 saturated carbocycles. The molecule has 55 heavy (non-hydrogen) atoms. The highest BCUT2D eigenvalue weighted by Gasteiger charge is 2.51. The molecule has 0 aromatic rings. The third kappa shape index (κ3) is 24.5. The minimum atomic E-state index is -5.13. The summed E-state index contributed by atoms with van der Waals surface area (Å²) < 4.78 is 22.8. The molecule has 9 N–H and O–H groups in total. The van der Waals surface area contributed by atoms with Crippen LogP contribution in [0.2, 0.25) is 0 Å². The van der Waals surface area contributed by atoms with Gasteiger partial charge in [0, 0.05) is 0 Å². The summed E-state index contributed by atoms with van der Waals surface area (Å²) in [7, 11) is -5.13. The SMILES string of the molecule is CCCCCCCCCCCCCC/C=C/C(O)C(COP(=O)(O)OC1C(O)C(O)C(O)C(O)C1O)NC(=O)CC(O)CCCCCCCCCCCCC. The maximum atomic E-state index is 12.9. The van der Waals surface area contributed by atoms with E-state index in [0.29, 0.717) is 12.8 Å². The average Bonchev–Trinajstić information content (AvgIpc) is 3.15. The fraction of sp³-hybridized carbons (Fsp3) is 0.927. The van der Waals surface area contributed by atoms with Crippen molar-refractivity contribution in [2.45, 2.75) is 236 Å². The monoisotopic (exact) mass is 810 g/mol. The van der Waals surface area contributed by atoms with E-state index >= 15 is 0 Å². The van der Waals surface area contributed by atoms with Gasteiger partial charge in [-0.05, 0) is 19.3 Å². The van der Waals surface area contributed by atoms with Gasteiger partial charge >= 0.3 is 7.82 Å². The standard InChI is InChI=1S/C41H80NO12P/c1-3-5-7-9-11-13-15-16-17-19-21-23-25-27-29-34(44)33(31-53-55(51,52)54-41-39(49)37(47)36(46)38(48)40(41)50)42-35(45)30-32(43)28-26-24-22-20-18-14-12-10-8-6-4-2/h27,29,32-34,36-41,43-44,46-50H,3-26,28,30-31H2,1-2H3,(H,42,45)(H,51,52)/b29-27+. The lowest BCUT2D eigenvalue weighted by Gasteiger charge is -2.41. The zero-order valence-corrected chi connectivity index (χ0v) is 35.0. The Kier molecular flexibility index (Phi) is 30.3. The summed E-state index contributed by atoms with van der Waals surface area (Å²) in [5.41, 5.74) is 0. The van der Waals surface area contributed by atoms with Crippen LogP contribution in [0.15, 0.2) is 12.2 Å². The first-order valence-corrected chi connectivity index (χ1v) is 23.2. The molecule has 0 bridgehead atoms. The average molecular weight is 810 g/mol. The first-order valence-electron chi connectivity index (χ1n) is 21.7. The maximum absolute atomic E-state index is 12.9. The first-order chi connectivity index (χ1) is 26.3. The molecule has 0 spiro atoms. The first kappa shape index (κ1) is 52.1. The van der Waals surface area contributed by atoms with Gasteiger partial charge in [0.25, 0.3) is 0 Å². The smallest absolute Gasteiger partial charge is 0.393 e. The molecule has 8 atom stereocenters. The normalized spacial score (nSPS) is 24.5. The Morgan fingerprint density at radius 3 is 1.49 bits per heavy atom. The zero-order valence-electron chi connectivity index (χ0n) is 34.1. The van der Waals surface area contributed by atoms with E-state index in [2.05, 4.69) is 19.2 Å². The van der Waals surface area contributed by atoms with Gasteiger partial charge in [-0.15, -0.1) is 0 Å². The number of hydrogen-bond donors (Lipinski definition) is 9. The molecule has 8 unspecified atom stereocenters. The van der Waals surface area contributed by atoms with E-state index in [-0.39, 0.29) is 6.42 Å². The van der Waals surface area contributed by atoms with E-state index in [1.807, 2.05) is 0 Å². The second kappa shape index (κ2) is 32.0. The number of hydrogen-bond acceptors (Lipinski definition) is 11. The Labute approximate surface area is 331 Å². The van der Waals surface area contributed by atoms with E-state index < -0.39 is 75.2 Å². The van der Waals surface area contributed by atoms with Crippen molar-refractivity contribution in [3.8, 4) is 0 Å². The Morgan fingerprint density at radius 1 is 0.636 bits per heavy atom. The molecule has 13 nitrogen and oxygen atoms in total. The molecule has 0 radical (unpaired) electrons. The van der Waals surface area contributed by atoms with E-state index in [0.717, 1.165) is 44.9 Å². The fourth-order valence-electron chi connectivity index (χ4n) is 7.00. The maximum Gasteiger partial charge on any atom is 0.472 e. The lowest BCUT2D eigenvalue weighted by Crippen LogP contribution is -2.64. The largest absolute Gasteiger partial charge is 0.472 e. The molecule has 1 aliphatic rings. The zero-order chi connectivity index (χ0) is 40.9. The number of carbonyl (C=O) groups is 1. The lowest BCUT2D eigenvalue weighted by atomic mass is 9.85. The van der Waals surface area contributed by atoms with Crippen LogP contribution in [0.25, 0.3) is 0 Å². The number of phosphoric ester groups is 1. The van der Waals surface area contributed by atoms with Crippen LogP contribution in [0.3, 0.4) is 0 Å². The Morgan fingerprint density at radius 2 is 1.04 bits per heavy atom. The molecule has 0 aromatic carbocycles. The van der Waals surface area contributed by atoms with Crippen LogP contribution in [0.5, 0.6) is 0 Å². The molecule has 0 saturated heterocycles. The van der Waals surface area contributed by atoms with Crippen LogP contribution < -0.4 is 5.32 Å². The molecule has 1 amide bonds. The molecule has 1 aliphatic carbocycles. The summed E-state index contributed by atoms with van der Waals surface area (Å²) >= 11 is 0. The minimum absolute atomic E-state index is 0.241. The highest BCUT2D eigenvalue weighted by atomic mass is 31.2. The molecule has 0 aromatic heterocycles.